The zero-order valence-electron chi connectivity index (χ0n) is 12.6. The van der Waals surface area contributed by atoms with Crippen molar-refractivity contribution >= 4 is 11.9 Å². The summed E-state index contributed by atoms with van der Waals surface area (Å²) in [6, 6.07) is 3.09. The summed E-state index contributed by atoms with van der Waals surface area (Å²) in [7, 11) is 0. The molecule has 1 amide bonds. The fourth-order valence-corrected chi connectivity index (χ4v) is 1.54. The van der Waals surface area contributed by atoms with Crippen molar-refractivity contribution in [2.24, 2.45) is 0 Å². The van der Waals surface area contributed by atoms with Crippen molar-refractivity contribution in [1.82, 2.24) is 5.32 Å². The molecule has 0 bridgehead atoms. The van der Waals surface area contributed by atoms with Gasteiger partial charge in [0.1, 0.15) is 17.1 Å². The second-order valence-corrected chi connectivity index (χ2v) is 5.43. The van der Waals surface area contributed by atoms with Crippen LogP contribution >= 0.6 is 0 Å². The van der Waals surface area contributed by atoms with E-state index in [1.807, 2.05) is 20.8 Å². The molecule has 21 heavy (non-hydrogen) atoms. The molecule has 0 fully saturated rings. The lowest BCUT2D eigenvalue weighted by Gasteiger charge is -2.26. The van der Waals surface area contributed by atoms with Crippen molar-refractivity contribution < 1.29 is 23.8 Å². The molecule has 1 rings (SSSR count). The first-order valence-corrected chi connectivity index (χ1v) is 6.68. The molecule has 0 aliphatic heterocycles. The zero-order valence-corrected chi connectivity index (χ0v) is 12.6. The molecule has 0 aliphatic carbocycles. The smallest absolute Gasteiger partial charge is 0.339 e. The second-order valence-electron chi connectivity index (χ2n) is 5.43. The van der Waals surface area contributed by atoms with Gasteiger partial charge in [-0.25, -0.2) is 9.18 Å². The van der Waals surface area contributed by atoms with Crippen LogP contribution in [0.1, 0.15) is 44.5 Å². The van der Waals surface area contributed by atoms with Crippen LogP contribution in [0.5, 0.6) is 5.75 Å². The van der Waals surface area contributed by atoms with Crippen molar-refractivity contribution in [3.8, 4) is 5.75 Å². The Hall–Kier alpha value is -2.11. The molecule has 1 unspecified atom stereocenters. The zero-order chi connectivity index (χ0) is 16.2. The van der Waals surface area contributed by atoms with Crippen LogP contribution in [0.4, 0.5) is 4.39 Å². The first-order chi connectivity index (χ1) is 9.66. The van der Waals surface area contributed by atoms with Crippen molar-refractivity contribution in [1.29, 1.82) is 0 Å². The molecule has 0 spiro atoms. The van der Waals surface area contributed by atoms with Gasteiger partial charge in [-0.15, -0.1) is 0 Å². The number of rotatable bonds is 6. The number of benzene rings is 1. The Morgan fingerprint density at radius 3 is 2.57 bits per heavy atom. The van der Waals surface area contributed by atoms with Crippen molar-refractivity contribution in [2.45, 2.75) is 45.8 Å². The second kappa shape index (κ2) is 6.56. The maximum absolute atomic E-state index is 13.2. The summed E-state index contributed by atoms with van der Waals surface area (Å²) in [6.07, 6.45) is -0.207. The highest BCUT2D eigenvalue weighted by Gasteiger charge is 2.24. The first-order valence-electron chi connectivity index (χ1n) is 6.68. The third kappa shape index (κ3) is 4.73. The minimum Gasteiger partial charge on any atom is -0.480 e. The van der Waals surface area contributed by atoms with Gasteiger partial charge in [-0.05, 0) is 39.3 Å². The van der Waals surface area contributed by atoms with E-state index in [1.54, 1.807) is 0 Å². The molecule has 0 aliphatic rings. The number of hydrogen-bond acceptors (Lipinski definition) is 3. The third-order valence-electron chi connectivity index (χ3n) is 3.19. The molecule has 1 aromatic carbocycles. The Bertz CT molecular complexity index is 542. The van der Waals surface area contributed by atoms with Gasteiger partial charge in [0.25, 0.3) is 5.91 Å². The summed E-state index contributed by atoms with van der Waals surface area (Å²) in [6.45, 7) is 7.14. The fourth-order valence-electron chi connectivity index (χ4n) is 1.54. The van der Waals surface area contributed by atoms with Gasteiger partial charge in [-0.3, -0.25) is 4.79 Å². The van der Waals surface area contributed by atoms with Gasteiger partial charge in [-0.2, -0.15) is 0 Å². The number of carbonyl (C=O) groups excluding carboxylic acids is 1. The van der Waals surface area contributed by atoms with Crippen molar-refractivity contribution in [3.63, 3.8) is 0 Å². The largest absolute Gasteiger partial charge is 0.480 e. The molecule has 116 valence electrons. The predicted octanol–water partition coefficient (Wildman–Crippen LogP) is 2.60. The molecule has 1 atom stereocenters. The quantitative estimate of drug-likeness (QED) is 0.846. The minimum atomic E-state index is -1.24. The number of nitrogens with one attached hydrogen (secondary N) is 1. The van der Waals surface area contributed by atoms with Crippen LogP contribution in [0.25, 0.3) is 0 Å². The molecule has 0 saturated heterocycles. The van der Waals surface area contributed by atoms with Crippen molar-refractivity contribution in [3.05, 3.63) is 29.6 Å². The highest BCUT2D eigenvalue weighted by atomic mass is 19.1. The summed E-state index contributed by atoms with van der Waals surface area (Å²) >= 11 is 0. The number of hydrogen-bond donors (Lipinski definition) is 2. The van der Waals surface area contributed by atoms with Crippen LogP contribution in [-0.4, -0.2) is 28.6 Å². The number of ether oxygens (including phenoxy) is 1. The fraction of sp³-hybridized carbons (Fsp3) is 0.467. The Morgan fingerprint density at radius 2 is 2.05 bits per heavy atom. The first kappa shape index (κ1) is 16.9. The molecular formula is C15H20FNO4. The van der Waals surface area contributed by atoms with E-state index >= 15 is 0 Å². The van der Waals surface area contributed by atoms with E-state index in [0.29, 0.717) is 0 Å². The van der Waals surface area contributed by atoms with Crippen LogP contribution in [-0.2, 0) is 4.79 Å². The van der Waals surface area contributed by atoms with Crippen molar-refractivity contribution in [2.75, 3.05) is 0 Å². The van der Waals surface area contributed by atoms with Gasteiger partial charge in [0.2, 0.25) is 0 Å². The van der Waals surface area contributed by atoms with Gasteiger partial charge < -0.3 is 15.2 Å². The summed E-state index contributed by atoms with van der Waals surface area (Å²) < 4.78 is 18.5. The van der Waals surface area contributed by atoms with Gasteiger partial charge in [0, 0.05) is 11.6 Å². The summed E-state index contributed by atoms with van der Waals surface area (Å²) in [5.74, 6) is -2.43. The average molecular weight is 297 g/mol. The molecule has 0 saturated carbocycles. The highest BCUT2D eigenvalue weighted by Crippen LogP contribution is 2.21. The van der Waals surface area contributed by atoms with Gasteiger partial charge in [-0.1, -0.05) is 6.92 Å². The lowest BCUT2D eigenvalue weighted by Crippen LogP contribution is -2.48. The van der Waals surface area contributed by atoms with E-state index in [2.05, 4.69) is 5.32 Å². The van der Waals surface area contributed by atoms with E-state index in [0.717, 1.165) is 24.6 Å². The SMILES string of the molecule is CCC(C)(C)NC(=O)C(C)Oc1cc(F)ccc1C(=O)O. The van der Waals surface area contributed by atoms with Gasteiger partial charge in [0.05, 0.1) is 0 Å². The van der Waals surface area contributed by atoms with Crippen LogP contribution < -0.4 is 10.1 Å². The molecule has 0 aromatic heterocycles. The number of halogens is 1. The van der Waals surface area contributed by atoms with E-state index < -0.39 is 23.4 Å². The summed E-state index contributed by atoms with van der Waals surface area (Å²) in [5, 5.41) is 11.8. The number of aromatic carboxylic acids is 1. The molecule has 1 aromatic rings. The molecule has 2 N–H and O–H groups in total. The summed E-state index contributed by atoms with van der Waals surface area (Å²) in [5.41, 5.74) is -0.586. The molecule has 0 heterocycles. The van der Waals surface area contributed by atoms with Crippen LogP contribution in [0, 0.1) is 5.82 Å². The summed E-state index contributed by atoms with van der Waals surface area (Å²) in [4.78, 5) is 23.1. The minimum absolute atomic E-state index is 0.167. The van der Waals surface area contributed by atoms with Crippen LogP contribution in [0.2, 0.25) is 0 Å². The van der Waals surface area contributed by atoms with E-state index in [9.17, 15) is 14.0 Å². The topological polar surface area (TPSA) is 75.6 Å². The molecule has 5 nitrogen and oxygen atoms in total. The van der Waals surface area contributed by atoms with Crippen LogP contribution in [0.3, 0.4) is 0 Å². The molecule has 0 radical (unpaired) electrons. The maximum Gasteiger partial charge on any atom is 0.339 e. The monoisotopic (exact) mass is 297 g/mol. The Morgan fingerprint density at radius 1 is 1.43 bits per heavy atom. The lowest BCUT2D eigenvalue weighted by atomic mass is 10.0. The van der Waals surface area contributed by atoms with E-state index in [-0.39, 0.29) is 17.2 Å². The van der Waals surface area contributed by atoms with Crippen LogP contribution in [0.15, 0.2) is 18.2 Å². The molecular weight excluding hydrogens is 277 g/mol. The molecule has 6 heteroatoms. The number of amides is 1. The number of carboxylic acid groups (broad SMARTS) is 1. The number of carboxylic acids is 1. The standard InChI is InChI=1S/C15H20FNO4/c1-5-15(3,4)17-13(18)9(2)21-12-8-10(16)6-7-11(12)14(19)20/h6-9H,5H2,1-4H3,(H,17,18)(H,19,20). The van der Waals surface area contributed by atoms with E-state index in [1.165, 1.54) is 6.92 Å². The average Bonchev–Trinajstić information content (AvgIpc) is 2.37. The predicted molar refractivity (Wildman–Crippen MR) is 76.0 cm³/mol. The van der Waals surface area contributed by atoms with Gasteiger partial charge >= 0.3 is 5.97 Å². The van der Waals surface area contributed by atoms with E-state index in [4.69, 9.17) is 9.84 Å². The maximum atomic E-state index is 13.2. The van der Waals surface area contributed by atoms with Gasteiger partial charge in [0.15, 0.2) is 6.10 Å². The Kier molecular flexibility index (Phi) is 5.29. The highest BCUT2D eigenvalue weighted by molar-refractivity contribution is 5.91. The Balaban J connectivity index is 2.88. The third-order valence-corrected chi connectivity index (χ3v) is 3.19. The number of carbonyl (C=O) groups is 2. The normalized spacial score (nSPS) is 12.6. The Labute approximate surface area is 123 Å². The lowest BCUT2D eigenvalue weighted by molar-refractivity contribution is -0.129.